The predicted molar refractivity (Wildman–Crippen MR) is 119 cm³/mol. The molecule has 34 heavy (non-hydrogen) atoms. The molecule has 0 aliphatic heterocycles. The van der Waals surface area contributed by atoms with Gasteiger partial charge >= 0.3 is 6.18 Å². The molecule has 0 radical (unpaired) electrons. The van der Waals surface area contributed by atoms with Gasteiger partial charge in [-0.15, -0.1) is 0 Å². The summed E-state index contributed by atoms with van der Waals surface area (Å²) in [6, 6.07) is 3.67. The van der Waals surface area contributed by atoms with Crippen molar-refractivity contribution < 1.29 is 27.2 Å². The van der Waals surface area contributed by atoms with Gasteiger partial charge in [-0.3, -0.25) is 4.79 Å². The first-order valence-corrected chi connectivity index (χ1v) is 10.9. The fraction of sp³-hybridized carbons (Fsp3) is 0.238. The van der Waals surface area contributed by atoms with Gasteiger partial charge in [0, 0.05) is 30.4 Å². The summed E-state index contributed by atoms with van der Waals surface area (Å²) in [6.07, 6.45) is -1.34. The van der Waals surface area contributed by atoms with Gasteiger partial charge in [0.1, 0.15) is 18.1 Å². The largest absolute Gasteiger partial charge is 0.484 e. The minimum atomic E-state index is -4.57. The summed E-state index contributed by atoms with van der Waals surface area (Å²) in [5, 5.41) is 4.02. The summed E-state index contributed by atoms with van der Waals surface area (Å²) >= 11 is 18.5. The first kappa shape index (κ1) is 24.3. The molecule has 4 aromatic rings. The summed E-state index contributed by atoms with van der Waals surface area (Å²) < 4.78 is 51.0. The molecule has 0 aliphatic carbocycles. The highest BCUT2D eigenvalue weighted by atomic mass is 35.5. The van der Waals surface area contributed by atoms with Gasteiger partial charge in [-0.2, -0.15) is 18.2 Å². The lowest BCUT2D eigenvalue weighted by molar-refractivity contribution is -0.137. The first-order chi connectivity index (χ1) is 16.1. The SMILES string of the molecule is CCCC(=O)COc1cc(Cl)c(-c2noc(-c3cn4cc(C(F)(F)F)cc(Cl)c4n3)n2)cc1Cl. The molecule has 0 saturated heterocycles. The topological polar surface area (TPSA) is 82.5 Å². The maximum atomic E-state index is 13.1. The van der Waals surface area contributed by atoms with E-state index in [9.17, 15) is 18.0 Å². The molecule has 1 aromatic carbocycles. The number of ether oxygens (including phenoxy) is 1. The second-order valence-electron chi connectivity index (χ2n) is 7.19. The van der Waals surface area contributed by atoms with Crippen LogP contribution in [0.5, 0.6) is 5.75 Å². The fourth-order valence-electron chi connectivity index (χ4n) is 3.07. The number of hydrogen-bond acceptors (Lipinski definition) is 6. The number of rotatable bonds is 7. The number of carbonyl (C=O) groups excluding carboxylic acids is 1. The Bertz CT molecular complexity index is 1390. The quantitative estimate of drug-likeness (QED) is 0.260. The van der Waals surface area contributed by atoms with Gasteiger partial charge in [-0.05, 0) is 18.6 Å². The molecule has 3 aromatic heterocycles. The van der Waals surface area contributed by atoms with E-state index in [1.807, 2.05) is 6.92 Å². The maximum Gasteiger partial charge on any atom is 0.417 e. The van der Waals surface area contributed by atoms with Crippen molar-refractivity contribution in [2.75, 3.05) is 6.61 Å². The normalized spacial score (nSPS) is 11.9. The van der Waals surface area contributed by atoms with Crippen LogP contribution < -0.4 is 4.74 Å². The Morgan fingerprint density at radius 1 is 1.09 bits per heavy atom. The first-order valence-electron chi connectivity index (χ1n) is 9.80. The molecule has 7 nitrogen and oxygen atoms in total. The molecule has 0 bridgehead atoms. The number of Topliss-reactive ketones (excluding diaryl/α,β-unsaturated/α-hetero) is 1. The maximum absolute atomic E-state index is 13.1. The molecule has 0 saturated carbocycles. The van der Waals surface area contributed by atoms with Crippen molar-refractivity contribution in [2.24, 2.45) is 0 Å². The fourth-order valence-corrected chi connectivity index (χ4v) is 3.79. The Hall–Kier alpha value is -2.82. The van der Waals surface area contributed by atoms with E-state index in [2.05, 4.69) is 15.1 Å². The van der Waals surface area contributed by atoms with E-state index < -0.39 is 11.7 Å². The third-order valence-corrected chi connectivity index (χ3v) is 5.54. The Labute approximate surface area is 205 Å². The third-order valence-electron chi connectivity index (χ3n) is 4.66. The number of fused-ring (bicyclic) bond motifs is 1. The van der Waals surface area contributed by atoms with Gasteiger partial charge in [0.15, 0.2) is 11.4 Å². The number of carbonyl (C=O) groups is 1. The van der Waals surface area contributed by atoms with E-state index in [4.69, 9.17) is 44.1 Å². The van der Waals surface area contributed by atoms with Crippen LogP contribution in [0.1, 0.15) is 25.3 Å². The molecule has 0 N–H and O–H groups in total. The van der Waals surface area contributed by atoms with E-state index >= 15 is 0 Å². The van der Waals surface area contributed by atoms with Gasteiger partial charge in [0.05, 0.1) is 20.6 Å². The second-order valence-corrected chi connectivity index (χ2v) is 8.42. The van der Waals surface area contributed by atoms with Crippen LogP contribution in [0.3, 0.4) is 0 Å². The van der Waals surface area contributed by atoms with Crippen molar-refractivity contribution in [1.82, 2.24) is 19.5 Å². The van der Waals surface area contributed by atoms with Crippen LogP contribution in [-0.4, -0.2) is 31.9 Å². The van der Waals surface area contributed by atoms with Crippen molar-refractivity contribution in [3.8, 4) is 28.7 Å². The standard InChI is InChI=1S/C21H14Cl3F3N4O3/c1-2-3-11(32)9-33-17-6-13(22)12(5-14(17)23)18-29-20(34-30-18)16-8-31-7-10(21(25,26)27)4-15(24)19(31)28-16/h4-8H,2-3,9H2,1H3. The number of halogens is 6. The molecule has 0 spiro atoms. The lowest BCUT2D eigenvalue weighted by Gasteiger charge is -2.09. The molecular formula is C21H14Cl3F3N4O3. The highest BCUT2D eigenvalue weighted by molar-refractivity contribution is 6.36. The zero-order valence-corrected chi connectivity index (χ0v) is 19.6. The number of hydrogen-bond donors (Lipinski definition) is 0. The average Bonchev–Trinajstić information content (AvgIpc) is 3.41. The zero-order chi connectivity index (χ0) is 24.6. The van der Waals surface area contributed by atoms with E-state index in [1.54, 1.807) is 0 Å². The smallest absolute Gasteiger partial charge is 0.417 e. The average molecular weight is 534 g/mol. The van der Waals surface area contributed by atoms with E-state index in [1.165, 1.54) is 18.3 Å². The highest BCUT2D eigenvalue weighted by Gasteiger charge is 2.32. The van der Waals surface area contributed by atoms with Crippen molar-refractivity contribution in [2.45, 2.75) is 25.9 Å². The summed E-state index contributed by atoms with van der Waals surface area (Å²) in [6.45, 7) is 1.75. The summed E-state index contributed by atoms with van der Waals surface area (Å²) in [5.74, 6) is 0.145. The number of alkyl halides is 3. The van der Waals surface area contributed by atoms with Crippen LogP contribution in [0.15, 0.2) is 35.1 Å². The monoisotopic (exact) mass is 532 g/mol. The lowest BCUT2D eigenvalue weighted by atomic mass is 10.2. The number of benzene rings is 1. The Balaban J connectivity index is 1.62. The Kier molecular flexibility index (Phi) is 6.75. The number of imidazole rings is 1. The molecule has 0 unspecified atom stereocenters. The van der Waals surface area contributed by atoms with Crippen LogP contribution >= 0.6 is 34.8 Å². The van der Waals surface area contributed by atoms with Crippen LogP contribution in [0.4, 0.5) is 13.2 Å². The third kappa shape index (κ3) is 4.98. The van der Waals surface area contributed by atoms with Crippen LogP contribution in [0.2, 0.25) is 15.1 Å². The van der Waals surface area contributed by atoms with E-state index in [0.29, 0.717) is 18.4 Å². The van der Waals surface area contributed by atoms with E-state index in [-0.39, 0.29) is 56.3 Å². The molecule has 3 heterocycles. The molecule has 0 aliphatic rings. The van der Waals surface area contributed by atoms with Gasteiger partial charge in [-0.1, -0.05) is 46.9 Å². The molecule has 178 valence electrons. The van der Waals surface area contributed by atoms with Crippen LogP contribution in [0, 0.1) is 0 Å². The lowest BCUT2D eigenvalue weighted by Crippen LogP contribution is -2.10. The van der Waals surface area contributed by atoms with Crippen molar-refractivity contribution in [1.29, 1.82) is 0 Å². The summed E-state index contributed by atoms with van der Waals surface area (Å²) in [7, 11) is 0. The Morgan fingerprint density at radius 3 is 2.56 bits per heavy atom. The highest BCUT2D eigenvalue weighted by Crippen LogP contribution is 2.37. The van der Waals surface area contributed by atoms with Gasteiger partial charge in [0.25, 0.3) is 5.89 Å². The van der Waals surface area contributed by atoms with Crippen molar-refractivity contribution >= 4 is 46.2 Å². The van der Waals surface area contributed by atoms with Crippen molar-refractivity contribution in [3.05, 3.63) is 51.2 Å². The minimum absolute atomic E-state index is 0.0645. The molecule has 0 fully saturated rings. The van der Waals surface area contributed by atoms with E-state index in [0.717, 1.165) is 16.7 Å². The van der Waals surface area contributed by atoms with Crippen LogP contribution in [0.25, 0.3) is 28.6 Å². The number of ketones is 1. The Morgan fingerprint density at radius 2 is 1.85 bits per heavy atom. The van der Waals surface area contributed by atoms with Crippen molar-refractivity contribution in [3.63, 3.8) is 0 Å². The number of pyridine rings is 1. The molecular weight excluding hydrogens is 520 g/mol. The number of nitrogens with zero attached hydrogens (tertiary/aromatic N) is 4. The molecule has 13 heteroatoms. The summed E-state index contributed by atoms with van der Waals surface area (Å²) in [4.78, 5) is 20.1. The zero-order valence-electron chi connectivity index (χ0n) is 17.3. The molecule has 0 amide bonds. The second kappa shape index (κ2) is 9.44. The predicted octanol–water partition coefficient (Wildman–Crippen LogP) is 6.78. The van der Waals surface area contributed by atoms with Gasteiger partial charge in [-0.25, -0.2) is 4.98 Å². The van der Waals surface area contributed by atoms with Gasteiger partial charge < -0.3 is 13.7 Å². The number of aromatic nitrogens is 4. The van der Waals surface area contributed by atoms with Crippen LogP contribution in [-0.2, 0) is 11.0 Å². The van der Waals surface area contributed by atoms with Gasteiger partial charge in [0.2, 0.25) is 5.82 Å². The summed E-state index contributed by atoms with van der Waals surface area (Å²) in [5.41, 5.74) is -0.420. The minimum Gasteiger partial charge on any atom is -0.484 e. The molecule has 4 rings (SSSR count). The molecule has 0 atom stereocenters.